The van der Waals surface area contributed by atoms with Crippen LogP contribution in [0.25, 0.3) is 0 Å². The average Bonchev–Trinajstić information content (AvgIpc) is 2.17. The van der Waals surface area contributed by atoms with E-state index in [0.717, 1.165) is 0 Å². The number of halogens is 2. The quantitative estimate of drug-likeness (QED) is 0.796. The fraction of sp³-hybridized carbons (Fsp3) is 0.400. The van der Waals surface area contributed by atoms with Gasteiger partial charge in [0.2, 0.25) is 0 Å². The van der Waals surface area contributed by atoms with E-state index in [1.807, 2.05) is 0 Å². The molecule has 6 heteroatoms. The third kappa shape index (κ3) is 3.44. The molecular formula is C10H12BrFN2O2. The Morgan fingerprint density at radius 3 is 2.94 bits per heavy atom. The molecule has 1 heterocycles. The number of ether oxygens (including phenoxy) is 1. The largest absolute Gasteiger partial charge is 0.465 e. The number of aromatic nitrogens is 1. The maximum absolute atomic E-state index is 13.5. The van der Waals surface area contributed by atoms with Crippen molar-refractivity contribution in [3.8, 4) is 0 Å². The molecule has 0 aliphatic carbocycles. The molecule has 0 amide bonds. The van der Waals surface area contributed by atoms with E-state index < -0.39 is 11.8 Å². The van der Waals surface area contributed by atoms with Gasteiger partial charge >= 0.3 is 5.97 Å². The van der Waals surface area contributed by atoms with Crippen LogP contribution in [0.2, 0.25) is 0 Å². The van der Waals surface area contributed by atoms with Crippen LogP contribution < -0.4 is 4.90 Å². The van der Waals surface area contributed by atoms with Crippen molar-refractivity contribution in [1.29, 1.82) is 0 Å². The number of anilines is 1. The number of esters is 1. The molecule has 0 bridgehead atoms. The van der Waals surface area contributed by atoms with Gasteiger partial charge in [0.05, 0.1) is 6.61 Å². The molecule has 0 atom stereocenters. The average molecular weight is 291 g/mol. The maximum atomic E-state index is 13.5. The monoisotopic (exact) mass is 290 g/mol. The van der Waals surface area contributed by atoms with Crippen LogP contribution in [-0.2, 0) is 9.53 Å². The summed E-state index contributed by atoms with van der Waals surface area (Å²) >= 11 is 3.11. The van der Waals surface area contributed by atoms with Gasteiger partial charge in [-0.1, -0.05) is 0 Å². The summed E-state index contributed by atoms with van der Waals surface area (Å²) in [7, 11) is 1.58. The number of rotatable bonds is 4. The lowest BCUT2D eigenvalue weighted by atomic mass is 10.4. The Balaban J connectivity index is 2.72. The number of carbonyl (C=O) groups is 1. The first-order valence-corrected chi connectivity index (χ1v) is 5.51. The lowest BCUT2D eigenvalue weighted by molar-refractivity contribution is -0.141. The summed E-state index contributed by atoms with van der Waals surface area (Å²) in [6, 6.07) is 1.30. The van der Waals surface area contributed by atoms with Crippen molar-refractivity contribution in [2.75, 3.05) is 25.1 Å². The summed E-state index contributed by atoms with van der Waals surface area (Å²) in [5.74, 6) is -0.772. The predicted molar refractivity (Wildman–Crippen MR) is 61.8 cm³/mol. The van der Waals surface area contributed by atoms with E-state index in [1.165, 1.54) is 17.2 Å². The van der Waals surface area contributed by atoms with Crippen LogP contribution in [0.3, 0.4) is 0 Å². The third-order valence-electron chi connectivity index (χ3n) is 1.82. The predicted octanol–water partition coefficient (Wildman–Crippen LogP) is 1.98. The molecule has 0 fully saturated rings. The van der Waals surface area contributed by atoms with E-state index >= 15 is 0 Å². The second-order valence-electron chi connectivity index (χ2n) is 3.12. The first-order valence-electron chi connectivity index (χ1n) is 4.72. The smallest absolute Gasteiger partial charge is 0.325 e. The van der Waals surface area contributed by atoms with Crippen LogP contribution >= 0.6 is 15.9 Å². The van der Waals surface area contributed by atoms with Gasteiger partial charge < -0.3 is 9.64 Å². The fourth-order valence-electron chi connectivity index (χ4n) is 1.16. The number of pyridine rings is 1. The zero-order chi connectivity index (χ0) is 12.1. The summed E-state index contributed by atoms with van der Waals surface area (Å²) in [6.45, 7) is 2.00. The van der Waals surface area contributed by atoms with Crippen molar-refractivity contribution < 1.29 is 13.9 Å². The van der Waals surface area contributed by atoms with Crippen molar-refractivity contribution in [2.45, 2.75) is 6.92 Å². The van der Waals surface area contributed by atoms with Crippen LogP contribution in [-0.4, -0.2) is 31.2 Å². The first kappa shape index (κ1) is 12.9. The molecule has 4 nitrogen and oxygen atoms in total. The Bertz CT molecular complexity index is 387. The summed E-state index contributed by atoms with van der Waals surface area (Å²) in [4.78, 5) is 16.5. The molecule has 0 aliphatic heterocycles. The first-order chi connectivity index (χ1) is 7.54. The lowest BCUT2D eigenvalue weighted by Gasteiger charge is -2.17. The van der Waals surface area contributed by atoms with Gasteiger partial charge in [0.25, 0.3) is 0 Å². The third-order valence-corrected chi connectivity index (χ3v) is 2.26. The van der Waals surface area contributed by atoms with Gasteiger partial charge in [-0.3, -0.25) is 4.79 Å². The standard InChI is InChI=1S/C10H12BrFN2O2/c1-3-16-9(15)6-14(2)10-8(12)4-7(11)5-13-10/h4-5H,3,6H2,1-2H3. The lowest BCUT2D eigenvalue weighted by Crippen LogP contribution is -2.28. The Hall–Kier alpha value is -1.17. The van der Waals surface area contributed by atoms with E-state index in [2.05, 4.69) is 20.9 Å². The minimum atomic E-state index is -0.485. The molecule has 1 rings (SSSR count). The molecular weight excluding hydrogens is 279 g/mol. The van der Waals surface area contributed by atoms with Gasteiger partial charge in [-0.15, -0.1) is 0 Å². The fourth-order valence-corrected chi connectivity index (χ4v) is 1.47. The van der Waals surface area contributed by atoms with E-state index in [4.69, 9.17) is 4.74 Å². The van der Waals surface area contributed by atoms with Gasteiger partial charge in [-0.2, -0.15) is 0 Å². The molecule has 0 saturated carbocycles. The zero-order valence-corrected chi connectivity index (χ0v) is 10.6. The Kier molecular flexibility index (Phi) is 4.67. The van der Waals surface area contributed by atoms with E-state index in [1.54, 1.807) is 14.0 Å². The molecule has 88 valence electrons. The van der Waals surface area contributed by atoms with Gasteiger partial charge in [-0.25, -0.2) is 9.37 Å². The van der Waals surface area contributed by atoms with Crippen LogP contribution in [0.4, 0.5) is 10.2 Å². The summed E-state index contributed by atoms with van der Waals surface area (Å²) in [5, 5.41) is 0. The van der Waals surface area contributed by atoms with Crippen molar-refractivity contribution in [2.24, 2.45) is 0 Å². The maximum Gasteiger partial charge on any atom is 0.325 e. The molecule has 0 aromatic carbocycles. The highest BCUT2D eigenvalue weighted by atomic mass is 79.9. The van der Waals surface area contributed by atoms with Gasteiger partial charge in [-0.05, 0) is 28.9 Å². The number of likely N-dealkylation sites (N-methyl/N-ethyl adjacent to an activating group) is 1. The van der Waals surface area contributed by atoms with Crippen LogP contribution in [0.15, 0.2) is 16.7 Å². The summed E-state index contributed by atoms with van der Waals surface area (Å²) in [5.41, 5.74) is 0. The van der Waals surface area contributed by atoms with Gasteiger partial charge in [0, 0.05) is 17.7 Å². The normalized spacial score (nSPS) is 10.0. The number of carbonyl (C=O) groups excluding carboxylic acids is 1. The van der Waals surface area contributed by atoms with E-state index in [9.17, 15) is 9.18 Å². The molecule has 0 spiro atoms. The van der Waals surface area contributed by atoms with Crippen LogP contribution in [0, 0.1) is 5.82 Å². The molecule has 1 aromatic heterocycles. The Labute approximate surface area is 102 Å². The minimum absolute atomic E-state index is 0.0284. The Morgan fingerprint density at radius 1 is 1.69 bits per heavy atom. The van der Waals surface area contributed by atoms with Crippen molar-refractivity contribution in [3.05, 3.63) is 22.6 Å². The topological polar surface area (TPSA) is 42.4 Å². The highest BCUT2D eigenvalue weighted by Crippen LogP contribution is 2.18. The highest BCUT2D eigenvalue weighted by Gasteiger charge is 2.13. The second-order valence-corrected chi connectivity index (χ2v) is 4.04. The molecule has 0 aliphatic rings. The summed E-state index contributed by atoms with van der Waals surface area (Å²) in [6.07, 6.45) is 1.47. The van der Waals surface area contributed by atoms with Crippen molar-refractivity contribution >= 4 is 27.7 Å². The Morgan fingerprint density at radius 2 is 2.38 bits per heavy atom. The molecule has 1 aromatic rings. The second kappa shape index (κ2) is 5.79. The van der Waals surface area contributed by atoms with Gasteiger partial charge in [0.15, 0.2) is 11.6 Å². The minimum Gasteiger partial charge on any atom is -0.465 e. The molecule has 0 N–H and O–H groups in total. The molecule has 16 heavy (non-hydrogen) atoms. The van der Waals surface area contributed by atoms with E-state index in [0.29, 0.717) is 11.1 Å². The van der Waals surface area contributed by atoms with Gasteiger partial charge in [0.1, 0.15) is 6.54 Å². The number of hydrogen-bond acceptors (Lipinski definition) is 4. The zero-order valence-electron chi connectivity index (χ0n) is 9.04. The molecule has 0 saturated heterocycles. The summed E-state index contributed by atoms with van der Waals surface area (Å²) < 4.78 is 18.8. The molecule has 0 radical (unpaired) electrons. The number of nitrogens with zero attached hydrogens (tertiary/aromatic N) is 2. The van der Waals surface area contributed by atoms with Crippen molar-refractivity contribution in [3.63, 3.8) is 0 Å². The highest BCUT2D eigenvalue weighted by molar-refractivity contribution is 9.10. The van der Waals surface area contributed by atoms with Crippen LogP contribution in [0.1, 0.15) is 6.92 Å². The molecule has 0 unspecified atom stereocenters. The van der Waals surface area contributed by atoms with E-state index in [-0.39, 0.29) is 12.4 Å². The van der Waals surface area contributed by atoms with Crippen LogP contribution in [0.5, 0.6) is 0 Å². The number of hydrogen-bond donors (Lipinski definition) is 0. The van der Waals surface area contributed by atoms with Crippen molar-refractivity contribution in [1.82, 2.24) is 4.98 Å². The SMILES string of the molecule is CCOC(=O)CN(C)c1ncc(Br)cc1F.